The maximum absolute atomic E-state index is 6.44. The van der Waals surface area contributed by atoms with Gasteiger partial charge in [0, 0.05) is 30.3 Å². The first-order chi connectivity index (χ1) is 18.2. The number of hydrogen-bond donors (Lipinski definition) is 4. The van der Waals surface area contributed by atoms with Crippen LogP contribution in [0.3, 0.4) is 0 Å². The highest BCUT2D eigenvalue weighted by Crippen LogP contribution is 2.40. The summed E-state index contributed by atoms with van der Waals surface area (Å²) in [6, 6.07) is 26.9. The smallest absolute Gasteiger partial charge is 0.177 e. The molecule has 2 unspecified atom stereocenters. The Balaban J connectivity index is 1.31. The van der Waals surface area contributed by atoms with Crippen LogP contribution in [-0.4, -0.2) is 13.1 Å². The zero-order chi connectivity index (χ0) is 25.0. The molecule has 1 aromatic heterocycles. The molecule has 2 aliphatic rings. The monoisotopic (exact) mass is 490 g/mol. The summed E-state index contributed by atoms with van der Waals surface area (Å²) >= 11 is 0. The van der Waals surface area contributed by atoms with E-state index in [1.807, 2.05) is 42.7 Å². The van der Waals surface area contributed by atoms with Gasteiger partial charge in [-0.05, 0) is 42.6 Å². The maximum Gasteiger partial charge on any atom is 0.177 e. The topological polar surface area (TPSA) is 70.5 Å². The first-order valence-corrected chi connectivity index (χ1v) is 12.6. The van der Waals surface area contributed by atoms with Crippen molar-refractivity contribution in [3.05, 3.63) is 120 Å². The van der Waals surface area contributed by atoms with Crippen molar-refractivity contribution in [3.8, 4) is 34.1 Å². The van der Waals surface area contributed by atoms with Crippen molar-refractivity contribution in [2.24, 2.45) is 0 Å². The van der Waals surface area contributed by atoms with Crippen LogP contribution in [0.15, 0.2) is 108 Å². The number of benzene rings is 3. The molecule has 4 aromatic rings. The van der Waals surface area contributed by atoms with Gasteiger partial charge >= 0.3 is 0 Å². The van der Waals surface area contributed by atoms with Crippen molar-refractivity contribution in [2.75, 3.05) is 13.1 Å². The van der Waals surface area contributed by atoms with E-state index in [1.54, 1.807) is 0 Å². The fourth-order valence-corrected chi connectivity index (χ4v) is 4.56. The van der Waals surface area contributed by atoms with E-state index >= 15 is 0 Å². The van der Waals surface area contributed by atoms with Crippen molar-refractivity contribution < 1.29 is 9.15 Å². The van der Waals surface area contributed by atoms with Crippen LogP contribution in [0, 0.1) is 6.92 Å². The van der Waals surface area contributed by atoms with Crippen LogP contribution in [-0.2, 0) is 0 Å². The van der Waals surface area contributed by atoms with Gasteiger partial charge in [-0.25, -0.2) is 0 Å². The normalized spacial score (nSPS) is 18.7. The second-order valence-electron chi connectivity index (χ2n) is 9.28. The molecular weight excluding hydrogens is 460 g/mol. The molecule has 0 spiro atoms. The van der Waals surface area contributed by atoms with Crippen LogP contribution in [0.25, 0.3) is 22.6 Å². The van der Waals surface area contributed by atoms with E-state index in [1.165, 1.54) is 11.1 Å². The molecule has 0 aliphatic carbocycles. The summed E-state index contributed by atoms with van der Waals surface area (Å²) in [6.07, 6.45) is 8.31. The lowest BCUT2D eigenvalue weighted by molar-refractivity contribution is 0.473. The van der Waals surface area contributed by atoms with Gasteiger partial charge in [0.1, 0.15) is 23.8 Å². The molecule has 0 bridgehead atoms. The minimum Gasteiger partial charge on any atom is -0.453 e. The minimum atomic E-state index is 0.0941. The van der Waals surface area contributed by atoms with Gasteiger partial charge in [0.15, 0.2) is 11.5 Å². The van der Waals surface area contributed by atoms with Crippen LogP contribution in [0.5, 0.6) is 11.5 Å². The number of hydrogen-bond acceptors (Lipinski definition) is 6. The standard InChI is InChI=1S/C31H30N4O2/c1-21-4-14-26(15-5-21)36-28-20-27(22-6-10-24(11-7-22)30-32-16-2-17-33-30)37-29(28)23-8-12-25(13-9-23)31-34-18-3-19-35-31/h2-16,18,20,30-35H,17,19H2,1H3. The van der Waals surface area contributed by atoms with Crippen LogP contribution >= 0.6 is 0 Å². The Hall–Kier alpha value is -4.26. The molecule has 0 amide bonds. The predicted octanol–water partition coefficient (Wildman–Crippen LogP) is 6.12. The Kier molecular flexibility index (Phi) is 6.50. The van der Waals surface area contributed by atoms with Gasteiger partial charge in [-0.2, -0.15) is 0 Å². The zero-order valence-corrected chi connectivity index (χ0v) is 20.7. The van der Waals surface area contributed by atoms with E-state index in [9.17, 15) is 0 Å². The molecular formula is C31H30N4O2. The van der Waals surface area contributed by atoms with Crippen molar-refractivity contribution in [3.63, 3.8) is 0 Å². The van der Waals surface area contributed by atoms with Crippen molar-refractivity contribution >= 4 is 0 Å². The number of aryl methyl sites for hydroxylation is 1. The zero-order valence-electron chi connectivity index (χ0n) is 20.7. The molecule has 2 atom stereocenters. The molecule has 0 radical (unpaired) electrons. The first kappa shape index (κ1) is 23.2. The highest BCUT2D eigenvalue weighted by Gasteiger charge is 2.19. The summed E-state index contributed by atoms with van der Waals surface area (Å²) < 4.78 is 12.8. The van der Waals surface area contributed by atoms with E-state index in [0.29, 0.717) is 11.5 Å². The van der Waals surface area contributed by atoms with Crippen LogP contribution in [0.1, 0.15) is 29.0 Å². The summed E-state index contributed by atoms with van der Waals surface area (Å²) in [5.74, 6) is 2.93. The second kappa shape index (κ2) is 10.4. The number of furan rings is 1. The van der Waals surface area contributed by atoms with Crippen LogP contribution < -0.4 is 26.0 Å². The fraction of sp³-hybridized carbons (Fsp3) is 0.161. The molecule has 0 fully saturated rings. The Labute approximate surface area is 217 Å². The number of nitrogens with one attached hydrogen (secondary N) is 4. The van der Waals surface area contributed by atoms with E-state index < -0.39 is 0 Å². The van der Waals surface area contributed by atoms with Gasteiger partial charge in [-0.3, -0.25) is 10.6 Å². The largest absolute Gasteiger partial charge is 0.453 e. The van der Waals surface area contributed by atoms with Gasteiger partial charge in [-0.1, -0.05) is 78.4 Å². The molecule has 6 heteroatoms. The van der Waals surface area contributed by atoms with Gasteiger partial charge < -0.3 is 19.8 Å². The average molecular weight is 491 g/mol. The van der Waals surface area contributed by atoms with Crippen molar-refractivity contribution in [1.82, 2.24) is 21.3 Å². The van der Waals surface area contributed by atoms with Gasteiger partial charge in [0.05, 0.1) is 0 Å². The van der Waals surface area contributed by atoms with E-state index in [4.69, 9.17) is 9.15 Å². The maximum atomic E-state index is 6.44. The molecule has 37 heavy (non-hydrogen) atoms. The molecule has 6 rings (SSSR count). The highest BCUT2D eigenvalue weighted by molar-refractivity contribution is 5.72. The third-order valence-corrected chi connectivity index (χ3v) is 6.62. The number of rotatable bonds is 6. The average Bonchev–Trinajstić information content (AvgIpc) is 3.39. The van der Waals surface area contributed by atoms with Crippen molar-refractivity contribution in [2.45, 2.75) is 19.3 Å². The quantitative estimate of drug-likeness (QED) is 0.261. The lowest BCUT2D eigenvalue weighted by Crippen LogP contribution is -2.34. The Morgan fingerprint density at radius 1 is 0.703 bits per heavy atom. The van der Waals surface area contributed by atoms with Crippen molar-refractivity contribution in [1.29, 1.82) is 0 Å². The Morgan fingerprint density at radius 2 is 1.27 bits per heavy atom. The van der Waals surface area contributed by atoms with Crippen LogP contribution in [0.2, 0.25) is 0 Å². The molecule has 2 aliphatic heterocycles. The molecule has 0 saturated carbocycles. The van der Waals surface area contributed by atoms with E-state index in [2.05, 4.69) is 88.9 Å². The second-order valence-corrected chi connectivity index (χ2v) is 9.28. The molecule has 4 N–H and O–H groups in total. The lowest BCUT2D eigenvalue weighted by Gasteiger charge is -2.22. The number of ether oxygens (including phenoxy) is 1. The summed E-state index contributed by atoms with van der Waals surface area (Å²) in [5, 5.41) is 13.6. The third-order valence-electron chi connectivity index (χ3n) is 6.62. The SMILES string of the molecule is Cc1ccc(Oc2cc(-c3ccc(C4NC=CCN4)cc3)oc2-c2ccc(C3NC=CCN3)cc2)cc1. The molecule has 6 nitrogen and oxygen atoms in total. The third kappa shape index (κ3) is 5.16. The van der Waals surface area contributed by atoms with Gasteiger partial charge in [-0.15, -0.1) is 0 Å². The molecule has 186 valence electrons. The van der Waals surface area contributed by atoms with Gasteiger partial charge in [0.25, 0.3) is 0 Å². The van der Waals surface area contributed by atoms with Gasteiger partial charge in [0.2, 0.25) is 0 Å². The predicted molar refractivity (Wildman–Crippen MR) is 147 cm³/mol. The summed E-state index contributed by atoms with van der Waals surface area (Å²) in [6.45, 7) is 3.76. The lowest BCUT2D eigenvalue weighted by atomic mass is 10.1. The fourth-order valence-electron chi connectivity index (χ4n) is 4.56. The Morgan fingerprint density at radius 3 is 1.81 bits per heavy atom. The Bertz CT molecular complexity index is 1400. The van der Waals surface area contributed by atoms with Crippen LogP contribution in [0.4, 0.5) is 0 Å². The molecule has 3 heterocycles. The highest BCUT2D eigenvalue weighted by atomic mass is 16.5. The summed E-state index contributed by atoms with van der Waals surface area (Å²) in [4.78, 5) is 0. The van der Waals surface area contributed by atoms with E-state index in [0.717, 1.165) is 41.3 Å². The summed E-state index contributed by atoms with van der Waals surface area (Å²) in [7, 11) is 0. The summed E-state index contributed by atoms with van der Waals surface area (Å²) in [5.41, 5.74) is 5.48. The minimum absolute atomic E-state index is 0.0941. The molecule has 0 saturated heterocycles. The first-order valence-electron chi connectivity index (χ1n) is 12.6. The van der Waals surface area contributed by atoms with E-state index in [-0.39, 0.29) is 12.3 Å². The molecule has 3 aromatic carbocycles.